The van der Waals surface area contributed by atoms with Crippen LogP contribution in [0.3, 0.4) is 0 Å². The van der Waals surface area contributed by atoms with E-state index in [1.807, 2.05) is 37.3 Å². The second-order valence-electron chi connectivity index (χ2n) is 8.63. The number of methoxy groups -OCH3 is 1. The van der Waals surface area contributed by atoms with Crippen molar-refractivity contribution in [3.05, 3.63) is 60.3 Å². The molecule has 3 N–H and O–H groups in total. The molecule has 1 fully saturated rings. The largest absolute Gasteiger partial charge is 0.497 e. The van der Waals surface area contributed by atoms with Gasteiger partial charge in [-0.2, -0.15) is 0 Å². The van der Waals surface area contributed by atoms with Gasteiger partial charge < -0.3 is 20.3 Å². The number of hydrogen-bond donors (Lipinski definition) is 3. The van der Waals surface area contributed by atoms with Crippen LogP contribution >= 0.6 is 0 Å². The maximum atomic E-state index is 12.7. The summed E-state index contributed by atoms with van der Waals surface area (Å²) >= 11 is 0. The first-order valence-electron chi connectivity index (χ1n) is 11.6. The van der Waals surface area contributed by atoms with E-state index in [2.05, 4.69) is 25.2 Å². The third kappa shape index (κ3) is 6.47. The molecule has 10 heteroatoms. The molecular weight excluding hydrogens is 466 g/mol. The fourth-order valence-electron chi connectivity index (χ4n) is 4.24. The Hall–Kier alpha value is -3.21. The fourth-order valence-corrected chi connectivity index (χ4v) is 5.58. The minimum atomic E-state index is -3.60. The Labute approximate surface area is 205 Å². The minimum Gasteiger partial charge on any atom is -0.497 e. The summed E-state index contributed by atoms with van der Waals surface area (Å²) in [6.45, 7) is 4.59. The van der Waals surface area contributed by atoms with Gasteiger partial charge in [0.05, 0.1) is 23.2 Å². The highest BCUT2D eigenvalue weighted by atomic mass is 32.2. The number of ether oxygens (including phenoxy) is 1. The number of carbonyl (C=O) groups excluding carboxylic acids is 1. The van der Waals surface area contributed by atoms with Gasteiger partial charge in [0.25, 0.3) is 0 Å². The first-order chi connectivity index (χ1) is 16.8. The van der Waals surface area contributed by atoms with Gasteiger partial charge in [0.1, 0.15) is 5.75 Å². The van der Waals surface area contributed by atoms with Crippen LogP contribution in [-0.4, -0.2) is 63.7 Å². The molecule has 0 unspecified atom stereocenters. The SMILES string of the molecule is COc1cccc(S(=O)(=O)NC2CCN(CCNC(=O)Nc3cc(C)nc4ccccc34)CC2)c1. The lowest BCUT2D eigenvalue weighted by atomic mass is 10.1. The Balaban J connectivity index is 1.22. The standard InChI is InChI=1S/C25H31N5O4S/c1-18-16-24(22-8-3-4-9-23(22)27-18)28-25(31)26-12-15-30-13-10-19(11-14-30)29-35(32,33)21-7-5-6-20(17-21)34-2/h3-9,16-17,19,29H,10-15H2,1-2H3,(H2,26,27,28,31). The number of piperidine rings is 1. The van der Waals surface area contributed by atoms with Gasteiger partial charge in [-0.25, -0.2) is 17.9 Å². The molecule has 2 amide bonds. The first kappa shape index (κ1) is 24.9. The lowest BCUT2D eigenvalue weighted by Crippen LogP contribution is -2.46. The number of aromatic nitrogens is 1. The lowest BCUT2D eigenvalue weighted by Gasteiger charge is -2.32. The second kappa shape index (κ2) is 11.0. The molecule has 0 saturated carbocycles. The normalized spacial score (nSPS) is 15.1. The van der Waals surface area contributed by atoms with Crippen molar-refractivity contribution in [2.75, 3.05) is 38.6 Å². The molecule has 2 aromatic carbocycles. The monoisotopic (exact) mass is 497 g/mol. The molecule has 0 bridgehead atoms. The summed E-state index contributed by atoms with van der Waals surface area (Å²) in [5, 5.41) is 6.73. The van der Waals surface area contributed by atoms with Gasteiger partial charge in [-0.3, -0.25) is 4.98 Å². The van der Waals surface area contributed by atoms with Crippen molar-refractivity contribution in [2.24, 2.45) is 0 Å². The minimum absolute atomic E-state index is 0.123. The maximum Gasteiger partial charge on any atom is 0.319 e. The van der Waals surface area contributed by atoms with Crippen molar-refractivity contribution < 1.29 is 17.9 Å². The summed E-state index contributed by atoms with van der Waals surface area (Å²) in [4.78, 5) is 19.4. The molecule has 35 heavy (non-hydrogen) atoms. The number of nitrogens with zero attached hydrogens (tertiary/aromatic N) is 2. The topological polar surface area (TPSA) is 113 Å². The fraction of sp³-hybridized carbons (Fsp3) is 0.360. The van der Waals surface area contributed by atoms with Gasteiger partial charge in [-0.15, -0.1) is 0 Å². The quantitative estimate of drug-likeness (QED) is 0.441. The van der Waals surface area contributed by atoms with Crippen molar-refractivity contribution in [1.82, 2.24) is 19.9 Å². The number of benzene rings is 2. The van der Waals surface area contributed by atoms with Crippen LogP contribution in [0.1, 0.15) is 18.5 Å². The maximum absolute atomic E-state index is 12.7. The number of pyridine rings is 1. The highest BCUT2D eigenvalue weighted by Crippen LogP contribution is 2.23. The number of nitrogens with one attached hydrogen (secondary N) is 3. The third-order valence-corrected chi connectivity index (χ3v) is 7.59. The molecule has 1 aliphatic rings. The van der Waals surface area contributed by atoms with Crippen LogP contribution in [-0.2, 0) is 10.0 Å². The number of fused-ring (bicyclic) bond motifs is 1. The molecule has 3 aromatic rings. The van der Waals surface area contributed by atoms with E-state index in [-0.39, 0.29) is 17.0 Å². The Kier molecular flexibility index (Phi) is 7.84. The number of likely N-dealkylation sites (tertiary alicyclic amines) is 1. The molecule has 186 valence electrons. The van der Waals surface area contributed by atoms with E-state index in [4.69, 9.17) is 4.74 Å². The summed E-state index contributed by atoms with van der Waals surface area (Å²) < 4.78 is 33.4. The van der Waals surface area contributed by atoms with E-state index >= 15 is 0 Å². The summed E-state index contributed by atoms with van der Waals surface area (Å²) in [5.41, 5.74) is 2.41. The molecule has 0 aliphatic carbocycles. The number of carbonyl (C=O) groups is 1. The van der Waals surface area contributed by atoms with E-state index in [1.165, 1.54) is 13.2 Å². The van der Waals surface area contributed by atoms with Crippen molar-refractivity contribution in [2.45, 2.75) is 30.7 Å². The van der Waals surface area contributed by atoms with Gasteiger partial charge in [0.15, 0.2) is 0 Å². The zero-order valence-electron chi connectivity index (χ0n) is 20.0. The van der Waals surface area contributed by atoms with Crippen LogP contribution in [0.2, 0.25) is 0 Å². The average molecular weight is 498 g/mol. The van der Waals surface area contributed by atoms with Crippen molar-refractivity contribution >= 4 is 32.6 Å². The molecule has 0 radical (unpaired) electrons. The van der Waals surface area contributed by atoms with Crippen LogP contribution < -0.4 is 20.1 Å². The molecular formula is C25H31N5O4S. The smallest absolute Gasteiger partial charge is 0.319 e. The van der Waals surface area contributed by atoms with Crippen molar-refractivity contribution in [3.63, 3.8) is 0 Å². The summed E-state index contributed by atoms with van der Waals surface area (Å²) in [6, 6.07) is 15.6. The van der Waals surface area contributed by atoms with Gasteiger partial charge in [0, 0.05) is 36.3 Å². The lowest BCUT2D eigenvalue weighted by molar-refractivity contribution is 0.206. The average Bonchev–Trinajstić information content (AvgIpc) is 2.85. The van der Waals surface area contributed by atoms with Crippen LogP contribution in [0.4, 0.5) is 10.5 Å². The number of amides is 2. The highest BCUT2D eigenvalue weighted by molar-refractivity contribution is 7.89. The molecule has 9 nitrogen and oxygen atoms in total. The van der Waals surface area contributed by atoms with E-state index in [1.54, 1.807) is 18.2 Å². The van der Waals surface area contributed by atoms with Crippen LogP contribution in [0.25, 0.3) is 10.9 Å². The Morgan fingerprint density at radius 1 is 1.11 bits per heavy atom. The predicted molar refractivity (Wildman–Crippen MR) is 136 cm³/mol. The third-order valence-electron chi connectivity index (χ3n) is 6.07. The number of rotatable bonds is 8. The van der Waals surface area contributed by atoms with Crippen LogP contribution in [0.15, 0.2) is 59.5 Å². The first-order valence-corrected chi connectivity index (χ1v) is 13.1. The van der Waals surface area contributed by atoms with Crippen molar-refractivity contribution in [3.8, 4) is 5.75 Å². The number of urea groups is 1. The van der Waals surface area contributed by atoms with E-state index in [0.717, 1.165) is 35.4 Å². The van der Waals surface area contributed by atoms with E-state index in [9.17, 15) is 13.2 Å². The van der Waals surface area contributed by atoms with Gasteiger partial charge in [0.2, 0.25) is 10.0 Å². The number of para-hydroxylation sites is 1. The molecule has 1 saturated heterocycles. The zero-order chi connectivity index (χ0) is 24.8. The number of sulfonamides is 1. The summed E-state index contributed by atoms with van der Waals surface area (Å²) in [6.07, 6.45) is 1.41. The molecule has 4 rings (SSSR count). The van der Waals surface area contributed by atoms with Crippen molar-refractivity contribution in [1.29, 1.82) is 0 Å². The van der Waals surface area contributed by atoms with E-state index in [0.29, 0.717) is 31.7 Å². The summed E-state index contributed by atoms with van der Waals surface area (Å²) in [5.74, 6) is 0.506. The van der Waals surface area contributed by atoms with Gasteiger partial charge >= 0.3 is 6.03 Å². The molecule has 0 spiro atoms. The Morgan fingerprint density at radius 2 is 1.89 bits per heavy atom. The van der Waals surface area contributed by atoms with Crippen LogP contribution in [0, 0.1) is 6.92 Å². The second-order valence-corrected chi connectivity index (χ2v) is 10.3. The Morgan fingerprint density at radius 3 is 2.66 bits per heavy atom. The molecule has 1 aliphatic heterocycles. The predicted octanol–water partition coefficient (Wildman–Crippen LogP) is 3.12. The number of hydrogen-bond acceptors (Lipinski definition) is 6. The number of anilines is 1. The molecule has 0 atom stereocenters. The highest BCUT2D eigenvalue weighted by Gasteiger charge is 2.25. The van der Waals surface area contributed by atoms with E-state index < -0.39 is 10.0 Å². The van der Waals surface area contributed by atoms with Crippen LogP contribution in [0.5, 0.6) is 5.75 Å². The number of aryl methyl sites for hydroxylation is 1. The Bertz CT molecular complexity index is 1290. The van der Waals surface area contributed by atoms with Gasteiger partial charge in [-0.05, 0) is 57.1 Å². The molecule has 2 heterocycles. The summed E-state index contributed by atoms with van der Waals surface area (Å²) in [7, 11) is -2.10. The molecule has 1 aromatic heterocycles. The zero-order valence-corrected chi connectivity index (χ0v) is 20.8. The van der Waals surface area contributed by atoms with Gasteiger partial charge in [-0.1, -0.05) is 24.3 Å².